The molecule has 0 saturated carbocycles. The predicted octanol–water partition coefficient (Wildman–Crippen LogP) is 5.47. The first-order valence-corrected chi connectivity index (χ1v) is 11.7. The lowest BCUT2D eigenvalue weighted by Crippen LogP contribution is -2.38. The molecule has 6 nitrogen and oxygen atoms in total. The van der Waals surface area contributed by atoms with Crippen molar-refractivity contribution in [2.75, 3.05) is 11.4 Å². The van der Waals surface area contributed by atoms with E-state index in [4.69, 9.17) is 21.7 Å². The van der Waals surface area contributed by atoms with E-state index in [1.807, 2.05) is 41.8 Å². The Morgan fingerprint density at radius 3 is 2.56 bits per heavy atom. The molecule has 1 unspecified atom stereocenters. The lowest BCUT2D eigenvalue weighted by Gasteiger charge is -2.22. The van der Waals surface area contributed by atoms with Gasteiger partial charge in [-0.05, 0) is 37.1 Å². The summed E-state index contributed by atoms with van der Waals surface area (Å²) in [7, 11) is 0. The smallest absolute Gasteiger partial charge is 0.325 e. The summed E-state index contributed by atoms with van der Waals surface area (Å²) in [6.07, 6.45) is 2.11. The number of nitrogens with zero attached hydrogens (tertiary/aromatic N) is 2. The van der Waals surface area contributed by atoms with Crippen LogP contribution in [0.4, 0.5) is 5.13 Å². The van der Waals surface area contributed by atoms with Gasteiger partial charge in [-0.1, -0.05) is 55.3 Å². The zero-order valence-electron chi connectivity index (χ0n) is 18.0. The first-order chi connectivity index (χ1) is 15.4. The number of amides is 1. The average Bonchev–Trinajstić information content (AvgIpc) is 3.27. The van der Waals surface area contributed by atoms with Crippen molar-refractivity contribution in [1.82, 2.24) is 10.3 Å². The van der Waals surface area contributed by atoms with Gasteiger partial charge in [-0.2, -0.15) is 0 Å². The van der Waals surface area contributed by atoms with E-state index < -0.39 is 17.9 Å². The number of benzene rings is 2. The van der Waals surface area contributed by atoms with Gasteiger partial charge in [0, 0.05) is 34.6 Å². The number of halogens is 1. The molecule has 0 aliphatic carbocycles. The summed E-state index contributed by atoms with van der Waals surface area (Å²) in [5.74, 6) is -1.47. The molecule has 0 spiro atoms. The molecule has 8 heteroatoms. The van der Waals surface area contributed by atoms with Crippen molar-refractivity contribution in [3.63, 3.8) is 0 Å². The Balaban J connectivity index is 1.74. The molecular weight excluding hydrogens is 446 g/mol. The predicted molar refractivity (Wildman–Crippen MR) is 130 cm³/mol. The minimum atomic E-state index is -1.07. The van der Waals surface area contributed by atoms with Gasteiger partial charge in [-0.25, -0.2) is 4.98 Å². The van der Waals surface area contributed by atoms with Crippen molar-refractivity contribution in [3.8, 4) is 11.3 Å². The number of rotatable bonds is 10. The topological polar surface area (TPSA) is 82.5 Å². The molecule has 0 aliphatic heterocycles. The van der Waals surface area contributed by atoms with Crippen molar-refractivity contribution in [1.29, 1.82) is 0 Å². The molecule has 32 heavy (non-hydrogen) atoms. The molecule has 0 radical (unpaired) electrons. The third-order valence-corrected chi connectivity index (χ3v) is 6.23. The van der Waals surface area contributed by atoms with Crippen LogP contribution in [0.15, 0.2) is 53.9 Å². The number of carboxylic acids is 1. The number of carbonyl (C=O) groups is 2. The highest BCUT2D eigenvalue weighted by Gasteiger charge is 2.17. The minimum absolute atomic E-state index is 0.404. The van der Waals surface area contributed by atoms with Crippen molar-refractivity contribution in [3.05, 3.63) is 70.1 Å². The third-order valence-electron chi connectivity index (χ3n) is 5.00. The molecule has 168 valence electrons. The number of hydrogen-bond acceptors (Lipinski definition) is 5. The highest BCUT2D eigenvalue weighted by atomic mass is 35.5. The Morgan fingerprint density at radius 2 is 1.91 bits per heavy atom. The zero-order chi connectivity index (χ0) is 23.1. The maximum absolute atomic E-state index is 12.2. The molecule has 1 atom stereocenters. The van der Waals surface area contributed by atoms with Crippen LogP contribution in [-0.2, 0) is 11.3 Å². The van der Waals surface area contributed by atoms with Gasteiger partial charge in [0.15, 0.2) is 5.13 Å². The van der Waals surface area contributed by atoms with Crippen LogP contribution < -0.4 is 10.2 Å². The third kappa shape index (κ3) is 6.08. The summed E-state index contributed by atoms with van der Waals surface area (Å²) in [4.78, 5) is 30.2. The summed E-state index contributed by atoms with van der Waals surface area (Å²) in [6, 6.07) is 13.9. The number of carbonyl (C=O) groups excluding carboxylic acids is 1. The van der Waals surface area contributed by atoms with Gasteiger partial charge in [0.2, 0.25) is 0 Å². The largest absolute Gasteiger partial charge is 0.480 e. The molecule has 3 aromatic rings. The normalized spacial score (nSPS) is 11.7. The number of hydrogen-bond donors (Lipinski definition) is 2. The molecule has 0 saturated heterocycles. The van der Waals surface area contributed by atoms with E-state index in [9.17, 15) is 9.59 Å². The lowest BCUT2D eigenvalue weighted by molar-refractivity contribution is -0.138. The van der Waals surface area contributed by atoms with Gasteiger partial charge < -0.3 is 15.3 Å². The molecule has 2 N–H and O–H groups in total. The molecule has 1 aromatic heterocycles. The number of unbranched alkanes of at least 4 members (excludes halogenated alkanes) is 1. The summed E-state index contributed by atoms with van der Waals surface area (Å²) >= 11 is 7.92. The summed E-state index contributed by atoms with van der Waals surface area (Å²) in [5, 5.41) is 15.0. The molecule has 0 aliphatic rings. The highest BCUT2D eigenvalue weighted by molar-refractivity contribution is 7.14. The number of thiazole rings is 1. The van der Waals surface area contributed by atoms with Crippen LogP contribution in [-0.4, -0.2) is 34.6 Å². The maximum Gasteiger partial charge on any atom is 0.325 e. The Bertz CT molecular complexity index is 1070. The molecule has 1 heterocycles. The van der Waals surface area contributed by atoms with Crippen LogP contribution in [0.1, 0.15) is 42.6 Å². The molecule has 0 bridgehead atoms. The molecule has 0 fully saturated rings. The second kappa shape index (κ2) is 11.1. The fourth-order valence-electron chi connectivity index (χ4n) is 3.12. The fourth-order valence-corrected chi connectivity index (χ4v) is 4.20. The van der Waals surface area contributed by atoms with Gasteiger partial charge >= 0.3 is 5.97 Å². The van der Waals surface area contributed by atoms with E-state index in [0.29, 0.717) is 17.1 Å². The zero-order valence-corrected chi connectivity index (χ0v) is 19.6. The van der Waals surface area contributed by atoms with Crippen LogP contribution in [0.25, 0.3) is 11.3 Å². The van der Waals surface area contributed by atoms with Crippen LogP contribution in [0.3, 0.4) is 0 Å². The monoisotopic (exact) mass is 471 g/mol. The summed E-state index contributed by atoms with van der Waals surface area (Å²) < 4.78 is 0. The van der Waals surface area contributed by atoms with Crippen molar-refractivity contribution >= 4 is 39.9 Å². The number of aromatic nitrogens is 1. The lowest BCUT2D eigenvalue weighted by atomic mass is 10.1. The highest BCUT2D eigenvalue weighted by Crippen LogP contribution is 2.32. The fraction of sp³-hybridized carbons (Fsp3) is 0.292. The maximum atomic E-state index is 12.2. The van der Waals surface area contributed by atoms with Crippen LogP contribution in [0.5, 0.6) is 0 Å². The standard InChI is InChI=1S/C24H26ClN3O3S/c1-3-4-13-28(24-27-21(15-32-24)19-7-5-6-8-20(19)25)14-17-9-11-18(12-10-17)22(29)26-16(2)23(30)31/h5-12,15-16H,3-4,13-14H2,1-2H3,(H,26,29)(H,30,31). The quantitative estimate of drug-likeness (QED) is 0.409. The first-order valence-electron chi connectivity index (χ1n) is 10.5. The Labute approximate surface area is 196 Å². The van der Waals surface area contributed by atoms with Crippen LogP contribution >= 0.6 is 22.9 Å². The van der Waals surface area contributed by atoms with E-state index in [2.05, 4.69) is 17.1 Å². The van der Waals surface area contributed by atoms with Crippen molar-refractivity contribution < 1.29 is 14.7 Å². The van der Waals surface area contributed by atoms with Gasteiger partial charge in [0.05, 0.1) is 5.69 Å². The van der Waals surface area contributed by atoms with E-state index in [1.165, 1.54) is 6.92 Å². The van der Waals surface area contributed by atoms with E-state index in [1.54, 1.807) is 23.5 Å². The molecule has 1 amide bonds. The van der Waals surface area contributed by atoms with Crippen LogP contribution in [0, 0.1) is 0 Å². The van der Waals surface area contributed by atoms with Gasteiger partial charge in [0.25, 0.3) is 5.91 Å². The first kappa shape index (κ1) is 23.8. The number of anilines is 1. The van der Waals surface area contributed by atoms with E-state index in [-0.39, 0.29) is 0 Å². The van der Waals surface area contributed by atoms with E-state index in [0.717, 1.165) is 41.3 Å². The number of aliphatic carboxylic acids is 1. The second-order valence-electron chi connectivity index (χ2n) is 7.50. The van der Waals surface area contributed by atoms with Crippen molar-refractivity contribution in [2.45, 2.75) is 39.3 Å². The summed E-state index contributed by atoms with van der Waals surface area (Å²) in [5.41, 5.74) is 3.24. The Morgan fingerprint density at radius 1 is 1.19 bits per heavy atom. The van der Waals surface area contributed by atoms with E-state index >= 15 is 0 Å². The average molecular weight is 472 g/mol. The molecule has 3 rings (SSSR count). The number of carboxylic acid groups (broad SMARTS) is 1. The molecule has 2 aromatic carbocycles. The summed E-state index contributed by atoms with van der Waals surface area (Å²) in [6.45, 7) is 5.11. The van der Waals surface area contributed by atoms with Crippen molar-refractivity contribution in [2.24, 2.45) is 0 Å². The van der Waals surface area contributed by atoms with Crippen LogP contribution in [0.2, 0.25) is 5.02 Å². The second-order valence-corrected chi connectivity index (χ2v) is 8.74. The van der Waals surface area contributed by atoms with Gasteiger partial charge in [0.1, 0.15) is 6.04 Å². The van der Waals surface area contributed by atoms with Gasteiger partial charge in [-0.3, -0.25) is 9.59 Å². The van der Waals surface area contributed by atoms with Gasteiger partial charge in [-0.15, -0.1) is 11.3 Å². The SMILES string of the molecule is CCCCN(Cc1ccc(C(=O)NC(C)C(=O)O)cc1)c1nc(-c2ccccc2Cl)cs1. The minimum Gasteiger partial charge on any atom is -0.480 e. The number of nitrogens with one attached hydrogen (secondary N) is 1. The Kier molecular flexibility index (Phi) is 8.25. The Hall–Kier alpha value is -2.90. The molecular formula is C24H26ClN3O3S.